The second-order valence-electron chi connectivity index (χ2n) is 3.91. The molecular formula is C13H16O6. The van der Waals surface area contributed by atoms with Crippen LogP contribution in [0.2, 0.25) is 0 Å². The fourth-order valence-corrected chi connectivity index (χ4v) is 1.52. The van der Waals surface area contributed by atoms with Gasteiger partial charge >= 0.3 is 11.9 Å². The molecule has 0 aliphatic rings. The Kier molecular flexibility index (Phi) is 5.47. The fraction of sp³-hybridized carbons (Fsp3) is 0.385. The molecule has 19 heavy (non-hydrogen) atoms. The highest BCUT2D eigenvalue weighted by Crippen LogP contribution is 2.20. The van der Waals surface area contributed by atoms with E-state index in [1.807, 2.05) is 0 Å². The molecule has 0 saturated carbocycles. The van der Waals surface area contributed by atoms with Crippen molar-refractivity contribution < 1.29 is 29.3 Å². The van der Waals surface area contributed by atoms with E-state index in [4.69, 9.17) is 0 Å². The Morgan fingerprint density at radius 3 is 2.16 bits per heavy atom. The Morgan fingerprint density at radius 2 is 1.68 bits per heavy atom. The molecule has 0 heterocycles. The van der Waals surface area contributed by atoms with Crippen molar-refractivity contribution in [3.63, 3.8) is 0 Å². The van der Waals surface area contributed by atoms with Crippen LogP contribution in [0.1, 0.15) is 28.4 Å². The van der Waals surface area contributed by atoms with Crippen LogP contribution < -0.4 is 0 Å². The Labute approximate surface area is 110 Å². The summed E-state index contributed by atoms with van der Waals surface area (Å²) in [7, 11) is 2.47. The van der Waals surface area contributed by atoms with Crippen LogP contribution in [0.25, 0.3) is 0 Å². The number of benzene rings is 1. The highest BCUT2D eigenvalue weighted by Gasteiger charge is 2.22. The van der Waals surface area contributed by atoms with Gasteiger partial charge in [0.2, 0.25) is 0 Å². The standard InChI is InChI=1S/C13H16O6/c1-18-11(15)7-10(14)12(16)8-3-5-9(6-4-8)13(17)19-2/h3-6,10,12,14,16H,7H2,1-2H3. The zero-order valence-corrected chi connectivity index (χ0v) is 10.7. The van der Waals surface area contributed by atoms with Gasteiger partial charge in [-0.25, -0.2) is 4.79 Å². The fourth-order valence-electron chi connectivity index (χ4n) is 1.52. The van der Waals surface area contributed by atoms with Crippen LogP contribution in [0.15, 0.2) is 24.3 Å². The number of hydrogen-bond donors (Lipinski definition) is 2. The molecule has 0 radical (unpaired) electrons. The summed E-state index contributed by atoms with van der Waals surface area (Å²) in [5, 5.41) is 19.5. The average Bonchev–Trinajstić information content (AvgIpc) is 2.45. The lowest BCUT2D eigenvalue weighted by molar-refractivity contribution is -0.144. The number of aliphatic hydroxyl groups is 2. The lowest BCUT2D eigenvalue weighted by Crippen LogP contribution is -2.22. The first kappa shape index (κ1) is 15.1. The van der Waals surface area contributed by atoms with Crippen molar-refractivity contribution in [2.24, 2.45) is 0 Å². The molecule has 1 aromatic rings. The van der Waals surface area contributed by atoms with Crippen molar-refractivity contribution in [1.29, 1.82) is 0 Å². The van der Waals surface area contributed by atoms with E-state index in [0.29, 0.717) is 11.1 Å². The molecule has 2 unspecified atom stereocenters. The van der Waals surface area contributed by atoms with Crippen molar-refractivity contribution in [2.75, 3.05) is 14.2 Å². The summed E-state index contributed by atoms with van der Waals surface area (Å²) in [6.07, 6.45) is -2.81. The number of aliphatic hydroxyl groups excluding tert-OH is 2. The number of carbonyl (C=O) groups excluding carboxylic acids is 2. The summed E-state index contributed by atoms with van der Waals surface area (Å²) in [5.74, 6) is -1.10. The van der Waals surface area contributed by atoms with Gasteiger partial charge in [0.1, 0.15) is 6.10 Å². The van der Waals surface area contributed by atoms with Gasteiger partial charge < -0.3 is 19.7 Å². The minimum absolute atomic E-state index is 0.309. The third-order valence-corrected chi connectivity index (χ3v) is 2.64. The van der Waals surface area contributed by atoms with Crippen molar-refractivity contribution in [2.45, 2.75) is 18.6 Å². The minimum atomic E-state index is -1.27. The van der Waals surface area contributed by atoms with Crippen LogP contribution in [0.4, 0.5) is 0 Å². The van der Waals surface area contributed by atoms with E-state index in [1.165, 1.54) is 38.5 Å². The number of hydrogen-bond acceptors (Lipinski definition) is 6. The van der Waals surface area contributed by atoms with Gasteiger partial charge in [0.05, 0.1) is 32.3 Å². The van der Waals surface area contributed by atoms with Crippen LogP contribution in [0, 0.1) is 0 Å². The molecule has 0 aliphatic heterocycles. The van der Waals surface area contributed by atoms with Gasteiger partial charge in [-0.15, -0.1) is 0 Å². The predicted octanol–water partition coefficient (Wildman–Crippen LogP) is 0.431. The highest BCUT2D eigenvalue weighted by atomic mass is 16.5. The Morgan fingerprint density at radius 1 is 1.11 bits per heavy atom. The molecule has 0 amide bonds. The minimum Gasteiger partial charge on any atom is -0.469 e. The molecule has 0 aromatic heterocycles. The van der Waals surface area contributed by atoms with Crippen molar-refractivity contribution in [1.82, 2.24) is 0 Å². The first-order valence-corrected chi connectivity index (χ1v) is 5.60. The molecule has 1 aromatic carbocycles. The smallest absolute Gasteiger partial charge is 0.337 e. The van der Waals surface area contributed by atoms with Gasteiger partial charge in [-0.3, -0.25) is 4.79 Å². The largest absolute Gasteiger partial charge is 0.469 e. The molecule has 2 atom stereocenters. The van der Waals surface area contributed by atoms with Gasteiger partial charge in [0.15, 0.2) is 0 Å². The summed E-state index contributed by atoms with van der Waals surface area (Å²) in [4.78, 5) is 22.2. The third kappa shape index (κ3) is 4.04. The lowest BCUT2D eigenvalue weighted by atomic mass is 10.0. The Hall–Kier alpha value is -1.92. The van der Waals surface area contributed by atoms with Gasteiger partial charge in [-0.2, -0.15) is 0 Å². The van der Waals surface area contributed by atoms with Gasteiger partial charge in [-0.05, 0) is 17.7 Å². The summed E-state index contributed by atoms with van der Waals surface area (Å²) in [6, 6.07) is 5.90. The summed E-state index contributed by atoms with van der Waals surface area (Å²) < 4.78 is 8.94. The van der Waals surface area contributed by atoms with E-state index in [9.17, 15) is 19.8 Å². The van der Waals surface area contributed by atoms with Gasteiger partial charge in [0, 0.05) is 0 Å². The number of carbonyl (C=O) groups is 2. The quantitative estimate of drug-likeness (QED) is 0.752. The number of esters is 2. The van der Waals surface area contributed by atoms with E-state index < -0.39 is 24.1 Å². The molecule has 104 valence electrons. The maximum atomic E-state index is 11.2. The van der Waals surface area contributed by atoms with E-state index in [1.54, 1.807) is 0 Å². The van der Waals surface area contributed by atoms with Crippen LogP contribution >= 0.6 is 0 Å². The molecule has 0 spiro atoms. The SMILES string of the molecule is COC(=O)CC(O)C(O)c1ccc(C(=O)OC)cc1. The van der Waals surface area contributed by atoms with Crippen LogP contribution in [0.5, 0.6) is 0 Å². The summed E-state index contributed by atoms with van der Waals surface area (Å²) >= 11 is 0. The van der Waals surface area contributed by atoms with E-state index in [0.717, 1.165) is 0 Å². The zero-order valence-electron chi connectivity index (χ0n) is 10.7. The zero-order chi connectivity index (χ0) is 14.4. The van der Waals surface area contributed by atoms with E-state index in [2.05, 4.69) is 9.47 Å². The second-order valence-corrected chi connectivity index (χ2v) is 3.91. The number of rotatable bonds is 5. The molecule has 0 bridgehead atoms. The number of methoxy groups -OCH3 is 2. The highest BCUT2D eigenvalue weighted by molar-refractivity contribution is 5.89. The third-order valence-electron chi connectivity index (χ3n) is 2.64. The van der Waals surface area contributed by atoms with E-state index >= 15 is 0 Å². The first-order chi connectivity index (χ1) is 8.99. The number of ether oxygens (including phenoxy) is 2. The molecule has 6 nitrogen and oxygen atoms in total. The lowest BCUT2D eigenvalue weighted by Gasteiger charge is -2.17. The average molecular weight is 268 g/mol. The molecular weight excluding hydrogens is 252 g/mol. The first-order valence-electron chi connectivity index (χ1n) is 5.60. The second kappa shape index (κ2) is 6.86. The summed E-state index contributed by atoms with van der Waals surface area (Å²) in [5.41, 5.74) is 0.727. The molecule has 0 saturated heterocycles. The monoisotopic (exact) mass is 268 g/mol. The van der Waals surface area contributed by atoms with E-state index in [-0.39, 0.29) is 6.42 Å². The Bertz CT molecular complexity index is 439. The molecule has 0 fully saturated rings. The Balaban J connectivity index is 2.74. The van der Waals surface area contributed by atoms with Crippen molar-refractivity contribution in [3.05, 3.63) is 35.4 Å². The van der Waals surface area contributed by atoms with Crippen molar-refractivity contribution in [3.8, 4) is 0 Å². The maximum Gasteiger partial charge on any atom is 0.337 e. The maximum absolute atomic E-state index is 11.2. The van der Waals surface area contributed by atoms with Gasteiger partial charge in [-0.1, -0.05) is 12.1 Å². The van der Waals surface area contributed by atoms with Gasteiger partial charge in [0.25, 0.3) is 0 Å². The topological polar surface area (TPSA) is 93.1 Å². The molecule has 1 rings (SSSR count). The molecule has 2 N–H and O–H groups in total. The molecule has 0 aliphatic carbocycles. The predicted molar refractivity (Wildman–Crippen MR) is 65.4 cm³/mol. The van der Waals surface area contributed by atoms with Crippen LogP contribution in [-0.2, 0) is 14.3 Å². The van der Waals surface area contributed by atoms with Crippen LogP contribution in [-0.4, -0.2) is 42.5 Å². The van der Waals surface area contributed by atoms with Crippen LogP contribution in [0.3, 0.4) is 0 Å². The summed E-state index contributed by atoms with van der Waals surface area (Å²) in [6.45, 7) is 0. The molecule has 6 heteroatoms. The van der Waals surface area contributed by atoms with Crippen molar-refractivity contribution >= 4 is 11.9 Å². The normalized spacial score (nSPS) is 13.5.